The van der Waals surface area contributed by atoms with Crippen LogP contribution < -0.4 is 4.90 Å². The van der Waals surface area contributed by atoms with Gasteiger partial charge in [0, 0.05) is 24.3 Å². The Bertz CT molecular complexity index is 437. The zero-order valence-corrected chi connectivity index (χ0v) is 11.1. The van der Waals surface area contributed by atoms with Gasteiger partial charge in [-0.15, -0.1) is 0 Å². The molecular weight excluding hydrogens is 271 g/mol. The van der Waals surface area contributed by atoms with Crippen LogP contribution in [-0.2, 0) is 4.74 Å². The van der Waals surface area contributed by atoms with Crippen molar-refractivity contribution in [3.63, 3.8) is 0 Å². The third-order valence-electron chi connectivity index (χ3n) is 3.31. The van der Waals surface area contributed by atoms with Crippen molar-refractivity contribution in [1.29, 1.82) is 0 Å². The summed E-state index contributed by atoms with van der Waals surface area (Å²) < 4.78 is 40.7. The quantitative estimate of drug-likeness (QED) is 0.865. The van der Waals surface area contributed by atoms with Gasteiger partial charge in [0.1, 0.15) is 6.61 Å². The fourth-order valence-corrected chi connectivity index (χ4v) is 2.40. The molecule has 0 amide bonds. The van der Waals surface area contributed by atoms with Crippen LogP contribution in [0, 0.1) is 0 Å². The normalized spacial score (nSPS) is 19.6. The number of hydrogen-bond donors (Lipinski definition) is 1. The Balaban J connectivity index is 1.96. The fourth-order valence-electron chi connectivity index (χ4n) is 2.40. The van der Waals surface area contributed by atoms with Gasteiger partial charge in [-0.2, -0.15) is 13.2 Å². The number of rotatable bonds is 4. The predicted octanol–water partition coefficient (Wildman–Crippen LogP) is 2.90. The van der Waals surface area contributed by atoms with E-state index in [9.17, 15) is 18.3 Å². The van der Waals surface area contributed by atoms with E-state index in [-0.39, 0.29) is 6.61 Å². The summed E-state index contributed by atoms with van der Waals surface area (Å²) in [6.45, 7) is -0.0989. The molecule has 0 aromatic heterocycles. The highest BCUT2D eigenvalue weighted by atomic mass is 19.4. The summed E-state index contributed by atoms with van der Waals surface area (Å²) in [6.07, 6.45) is -3.33. The van der Waals surface area contributed by atoms with Crippen molar-refractivity contribution in [3.05, 3.63) is 29.8 Å². The second-order valence-electron chi connectivity index (χ2n) is 4.87. The number of aliphatic hydroxyl groups excluding tert-OH is 1. The van der Waals surface area contributed by atoms with E-state index < -0.39 is 18.9 Å². The van der Waals surface area contributed by atoms with Gasteiger partial charge >= 0.3 is 6.18 Å². The van der Waals surface area contributed by atoms with Crippen LogP contribution in [0.4, 0.5) is 18.9 Å². The summed E-state index contributed by atoms with van der Waals surface area (Å²) in [5.74, 6) is 0. The summed E-state index contributed by atoms with van der Waals surface area (Å²) in [5.41, 5.74) is 1.72. The number of alkyl halides is 3. The summed E-state index contributed by atoms with van der Waals surface area (Å²) in [4.78, 5) is 1.97. The van der Waals surface area contributed by atoms with E-state index in [1.165, 1.54) is 0 Å². The Labute approximate surface area is 116 Å². The Kier molecular flexibility index (Phi) is 4.88. The van der Waals surface area contributed by atoms with Crippen molar-refractivity contribution >= 4 is 5.69 Å². The number of hydrogen-bond acceptors (Lipinski definition) is 3. The highest BCUT2D eigenvalue weighted by Crippen LogP contribution is 2.32. The highest BCUT2D eigenvalue weighted by molar-refractivity contribution is 5.55. The first kappa shape index (κ1) is 15.1. The Morgan fingerprint density at radius 3 is 2.80 bits per heavy atom. The van der Waals surface area contributed by atoms with Crippen LogP contribution in [-0.4, -0.2) is 37.6 Å². The van der Waals surface area contributed by atoms with Gasteiger partial charge < -0.3 is 14.7 Å². The predicted molar refractivity (Wildman–Crippen MR) is 69.7 cm³/mol. The molecule has 0 fully saturated rings. The zero-order valence-electron chi connectivity index (χ0n) is 11.1. The van der Waals surface area contributed by atoms with Gasteiger partial charge in [0.25, 0.3) is 0 Å². The summed E-state index contributed by atoms with van der Waals surface area (Å²) in [7, 11) is 0. The lowest BCUT2D eigenvalue weighted by Gasteiger charge is -2.25. The van der Waals surface area contributed by atoms with Crippen LogP contribution in [0.2, 0.25) is 0 Å². The molecule has 6 heteroatoms. The SMILES string of the molecule is OC1CCCN(CCOCC(F)(F)F)c2ccccc21. The number of aliphatic hydroxyl groups is 1. The van der Waals surface area contributed by atoms with Crippen molar-refractivity contribution in [1.82, 2.24) is 0 Å². The van der Waals surface area contributed by atoms with E-state index in [4.69, 9.17) is 0 Å². The molecule has 1 N–H and O–H groups in total. The highest BCUT2D eigenvalue weighted by Gasteiger charge is 2.27. The Hall–Kier alpha value is -1.27. The van der Waals surface area contributed by atoms with Crippen LogP contribution in [0.5, 0.6) is 0 Å². The topological polar surface area (TPSA) is 32.7 Å². The molecule has 1 atom stereocenters. The van der Waals surface area contributed by atoms with Gasteiger partial charge in [0.15, 0.2) is 0 Å². The van der Waals surface area contributed by atoms with Crippen molar-refractivity contribution in [2.75, 3.05) is 31.2 Å². The van der Waals surface area contributed by atoms with Crippen molar-refractivity contribution in [2.45, 2.75) is 25.1 Å². The molecule has 112 valence electrons. The first-order valence-electron chi connectivity index (χ1n) is 6.64. The molecule has 2 rings (SSSR count). The monoisotopic (exact) mass is 289 g/mol. The van der Waals surface area contributed by atoms with E-state index in [2.05, 4.69) is 4.74 Å². The standard InChI is InChI=1S/C14H18F3NO2/c15-14(16,17)10-20-9-8-18-7-3-6-13(19)11-4-1-2-5-12(11)18/h1-2,4-5,13,19H,3,6-10H2. The van der Waals surface area contributed by atoms with Gasteiger partial charge in [-0.05, 0) is 18.9 Å². The van der Waals surface area contributed by atoms with Crippen LogP contribution in [0.25, 0.3) is 0 Å². The molecule has 0 spiro atoms. The third kappa shape index (κ3) is 4.11. The minimum Gasteiger partial charge on any atom is -0.388 e. The summed E-state index contributed by atoms with van der Waals surface area (Å²) >= 11 is 0. The molecule has 1 unspecified atom stereocenters. The second-order valence-corrected chi connectivity index (χ2v) is 4.87. The smallest absolute Gasteiger partial charge is 0.388 e. The molecule has 1 aliphatic rings. The number of benzene rings is 1. The maximum Gasteiger partial charge on any atom is 0.411 e. The van der Waals surface area contributed by atoms with E-state index in [0.29, 0.717) is 19.5 Å². The van der Waals surface area contributed by atoms with Gasteiger partial charge in [0.05, 0.1) is 12.7 Å². The molecule has 20 heavy (non-hydrogen) atoms. The minimum absolute atomic E-state index is 0.0178. The molecule has 1 aromatic carbocycles. The molecule has 1 aliphatic heterocycles. The molecule has 3 nitrogen and oxygen atoms in total. The van der Waals surface area contributed by atoms with Gasteiger partial charge in [-0.25, -0.2) is 0 Å². The van der Waals surface area contributed by atoms with Gasteiger partial charge in [0.2, 0.25) is 0 Å². The molecule has 1 aromatic rings. The fraction of sp³-hybridized carbons (Fsp3) is 0.571. The average Bonchev–Trinajstić information content (AvgIpc) is 2.54. The second kappa shape index (κ2) is 6.45. The summed E-state index contributed by atoms with van der Waals surface area (Å²) in [6, 6.07) is 7.45. The molecule has 1 heterocycles. The zero-order chi connectivity index (χ0) is 14.6. The lowest BCUT2D eigenvalue weighted by molar-refractivity contribution is -0.173. The van der Waals surface area contributed by atoms with Crippen molar-refractivity contribution in [2.24, 2.45) is 0 Å². The molecule has 0 bridgehead atoms. The summed E-state index contributed by atoms with van der Waals surface area (Å²) in [5, 5.41) is 10.0. The molecular formula is C14H18F3NO2. The van der Waals surface area contributed by atoms with Crippen LogP contribution >= 0.6 is 0 Å². The van der Waals surface area contributed by atoms with E-state index in [1.807, 2.05) is 29.2 Å². The number of para-hydroxylation sites is 1. The number of anilines is 1. The van der Waals surface area contributed by atoms with Gasteiger partial charge in [-0.3, -0.25) is 0 Å². The minimum atomic E-state index is -4.28. The van der Waals surface area contributed by atoms with Crippen molar-refractivity contribution < 1.29 is 23.0 Å². The maximum absolute atomic E-state index is 12.0. The first-order chi connectivity index (χ1) is 9.47. The lowest BCUT2D eigenvalue weighted by Crippen LogP contribution is -2.29. The third-order valence-corrected chi connectivity index (χ3v) is 3.31. The maximum atomic E-state index is 12.0. The Morgan fingerprint density at radius 2 is 2.05 bits per heavy atom. The average molecular weight is 289 g/mol. The molecule has 0 radical (unpaired) electrons. The van der Waals surface area contributed by atoms with Crippen LogP contribution in [0.1, 0.15) is 24.5 Å². The Morgan fingerprint density at radius 1 is 1.30 bits per heavy atom. The van der Waals surface area contributed by atoms with Crippen molar-refractivity contribution in [3.8, 4) is 0 Å². The number of ether oxygens (including phenoxy) is 1. The molecule has 0 aliphatic carbocycles. The van der Waals surface area contributed by atoms with Gasteiger partial charge in [-0.1, -0.05) is 18.2 Å². The molecule has 0 saturated carbocycles. The molecule has 0 saturated heterocycles. The number of fused-ring (bicyclic) bond motifs is 1. The van der Waals surface area contributed by atoms with Crippen LogP contribution in [0.3, 0.4) is 0 Å². The first-order valence-corrected chi connectivity index (χ1v) is 6.64. The van der Waals surface area contributed by atoms with E-state index in [0.717, 1.165) is 17.7 Å². The van der Waals surface area contributed by atoms with Crippen LogP contribution in [0.15, 0.2) is 24.3 Å². The number of halogens is 3. The van der Waals surface area contributed by atoms with E-state index >= 15 is 0 Å². The van der Waals surface area contributed by atoms with E-state index in [1.54, 1.807) is 0 Å². The lowest BCUT2D eigenvalue weighted by atomic mass is 10.0. The largest absolute Gasteiger partial charge is 0.411 e. The number of nitrogens with zero attached hydrogens (tertiary/aromatic N) is 1.